The van der Waals surface area contributed by atoms with E-state index in [1.54, 1.807) is 0 Å². The van der Waals surface area contributed by atoms with Crippen LogP contribution >= 0.6 is 11.8 Å². The Morgan fingerprint density at radius 3 is 2.76 bits per heavy atom. The van der Waals surface area contributed by atoms with Gasteiger partial charge in [-0.05, 0) is 17.5 Å². The van der Waals surface area contributed by atoms with Crippen LogP contribution in [0.25, 0.3) is 0 Å². The summed E-state index contributed by atoms with van der Waals surface area (Å²) >= 11 is 1.91. The zero-order chi connectivity index (χ0) is 11.4. The molecule has 0 amide bonds. The number of benzene rings is 1. The van der Waals surface area contributed by atoms with Gasteiger partial charge in [-0.2, -0.15) is 0 Å². The third-order valence-electron chi connectivity index (χ3n) is 2.74. The molecule has 94 valence electrons. The molecule has 4 heteroatoms. The highest BCUT2D eigenvalue weighted by molar-refractivity contribution is 8.00. The first-order chi connectivity index (χ1) is 7.77. The molecule has 2 N–H and O–H groups in total. The average Bonchev–Trinajstić information content (AvgIpc) is 2.79. The Morgan fingerprint density at radius 2 is 2.12 bits per heavy atom. The number of nitrogens with two attached hydrogens (primary N) is 1. The molecule has 0 unspecified atom stereocenters. The maximum absolute atomic E-state index is 4.47. The fraction of sp³-hybridized carbons (Fsp3) is 0.462. The number of thioether (sulfide) groups is 1. The number of quaternary nitrogens is 1. The van der Waals surface area contributed by atoms with Gasteiger partial charge in [0.05, 0.1) is 12.3 Å². The van der Waals surface area contributed by atoms with Gasteiger partial charge in [0.25, 0.3) is 0 Å². The molecule has 1 aliphatic heterocycles. The number of hydrogen-bond donors (Lipinski definition) is 1. The molecule has 2 nitrogen and oxygen atoms in total. The first-order valence-electron chi connectivity index (χ1n) is 5.85. The molecule has 0 aromatic heterocycles. The second-order valence-electron chi connectivity index (χ2n) is 4.35. The van der Waals surface area contributed by atoms with Gasteiger partial charge in [0, 0.05) is 4.90 Å². The molecule has 1 aromatic carbocycles. The van der Waals surface area contributed by atoms with Crippen LogP contribution in [0.1, 0.15) is 25.3 Å². The van der Waals surface area contributed by atoms with Gasteiger partial charge < -0.3 is 12.4 Å². The number of amidine groups is 1. The lowest BCUT2D eigenvalue weighted by molar-refractivity contribution is -0.528. The molecular formula is C13H19ClN2S. The molecule has 17 heavy (non-hydrogen) atoms. The monoisotopic (exact) mass is 270 g/mol. The van der Waals surface area contributed by atoms with E-state index in [0.29, 0.717) is 5.92 Å². The Bertz CT molecular complexity index is 391. The summed E-state index contributed by atoms with van der Waals surface area (Å²) < 4.78 is 0. The molecule has 0 saturated carbocycles. The van der Waals surface area contributed by atoms with Crippen LogP contribution in [-0.2, 0) is 0 Å². The van der Waals surface area contributed by atoms with E-state index in [1.165, 1.54) is 16.3 Å². The first-order valence-corrected chi connectivity index (χ1v) is 6.84. The number of rotatable bonds is 4. The highest BCUT2D eigenvalue weighted by atomic mass is 35.5. The molecule has 0 atom stereocenters. The minimum Gasteiger partial charge on any atom is -1.00 e. The van der Waals surface area contributed by atoms with Gasteiger partial charge in [0.15, 0.2) is 0 Å². The second-order valence-corrected chi connectivity index (χ2v) is 5.36. The van der Waals surface area contributed by atoms with Crippen LogP contribution in [-0.4, -0.2) is 24.7 Å². The fourth-order valence-corrected chi connectivity index (χ4v) is 3.01. The summed E-state index contributed by atoms with van der Waals surface area (Å²) in [6.45, 7) is 6.61. The van der Waals surface area contributed by atoms with Crippen molar-refractivity contribution in [1.82, 2.24) is 0 Å². The Hall–Kier alpha value is -0.510. The normalized spacial score (nSPS) is 14.6. The van der Waals surface area contributed by atoms with Gasteiger partial charge in [0.2, 0.25) is 5.84 Å². The molecule has 1 heterocycles. The van der Waals surface area contributed by atoms with Crippen molar-refractivity contribution < 1.29 is 17.7 Å². The number of halogens is 1. The highest BCUT2D eigenvalue weighted by Gasteiger charge is 2.12. The van der Waals surface area contributed by atoms with E-state index >= 15 is 0 Å². The van der Waals surface area contributed by atoms with Gasteiger partial charge in [-0.15, -0.1) is 11.8 Å². The summed E-state index contributed by atoms with van der Waals surface area (Å²) in [5.74, 6) is 2.88. The summed E-state index contributed by atoms with van der Waals surface area (Å²) in [6.07, 6.45) is 0. The summed E-state index contributed by atoms with van der Waals surface area (Å²) in [4.78, 5) is 5.87. The molecule has 0 radical (unpaired) electrons. The molecule has 0 fully saturated rings. The van der Waals surface area contributed by atoms with E-state index in [4.69, 9.17) is 0 Å². The number of aliphatic imine (C=N–C) groups is 1. The van der Waals surface area contributed by atoms with Crippen molar-refractivity contribution in [2.75, 3.05) is 18.8 Å². The predicted molar refractivity (Wildman–Crippen MR) is 70.3 cm³/mol. The van der Waals surface area contributed by atoms with Crippen LogP contribution in [0.2, 0.25) is 0 Å². The van der Waals surface area contributed by atoms with Crippen molar-refractivity contribution in [2.24, 2.45) is 4.99 Å². The lowest BCUT2D eigenvalue weighted by Crippen LogP contribution is -3.00. The molecule has 0 spiro atoms. The molecule has 1 aromatic rings. The van der Waals surface area contributed by atoms with Crippen LogP contribution in [0, 0.1) is 0 Å². The number of hydrogen-bond acceptors (Lipinski definition) is 2. The minimum atomic E-state index is 0. The summed E-state index contributed by atoms with van der Waals surface area (Å²) in [6, 6.07) is 8.69. The molecule has 0 aliphatic carbocycles. The van der Waals surface area contributed by atoms with Crippen LogP contribution < -0.4 is 17.7 Å². The SMILES string of the molecule is CC(C)c1ccccc1SCC1=NCC[NH2+]1.[Cl-]. The van der Waals surface area contributed by atoms with Gasteiger partial charge in [-0.1, -0.05) is 32.0 Å². The van der Waals surface area contributed by atoms with E-state index < -0.39 is 0 Å². The number of nitrogens with zero attached hydrogens (tertiary/aromatic N) is 1. The largest absolute Gasteiger partial charge is 1.00 e. The Morgan fingerprint density at radius 1 is 1.35 bits per heavy atom. The Balaban J connectivity index is 0.00000144. The third-order valence-corrected chi connectivity index (χ3v) is 3.86. The van der Waals surface area contributed by atoms with E-state index in [0.717, 1.165) is 18.8 Å². The maximum atomic E-state index is 4.47. The quantitative estimate of drug-likeness (QED) is 0.691. The van der Waals surface area contributed by atoms with Gasteiger partial charge in [-0.3, -0.25) is 5.32 Å². The van der Waals surface area contributed by atoms with Gasteiger partial charge in [-0.25, -0.2) is 4.99 Å². The lowest BCUT2D eigenvalue weighted by Gasteiger charge is -2.11. The molecule has 1 aliphatic rings. The zero-order valence-electron chi connectivity index (χ0n) is 10.3. The molecule has 2 rings (SSSR count). The summed E-state index contributed by atoms with van der Waals surface area (Å²) in [5.41, 5.74) is 1.45. The van der Waals surface area contributed by atoms with Crippen LogP contribution in [0.3, 0.4) is 0 Å². The summed E-state index contributed by atoms with van der Waals surface area (Å²) in [5, 5.41) is 2.25. The highest BCUT2D eigenvalue weighted by Crippen LogP contribution is 2.27. The van der Waals surface area contributed by atoms with Crippen molar-refractivity contribution in [3.05, 3.63) is 29.8 Å². The topological polar surface area (TPSA) is 29.0 Å². The Kier molecular flexibility index (Phi) is 6.03. The second kappa shape index (κ2) is 7.04. The standard InChI is InChI=1S/C13H18N2S.ClH/c1-10(2)11-5-3-4-6-12(11)16-9-13-14-7-8-15-13;/h3-6,10H,7-9H2,1-2H3,(H,14,15);1H. The van der Waals surface area contributed by atoms with Gasteiger partial charge in [0.1, 0.15) is 6.54 Å². The lowest BCUT2D eigenvalue weighted by atomic mass is 10.0. The fourth-order valence-electron chi connectivity index (χ4n) is 1.85. The molecule has 0 bridgehead atoms. The van der Waals surface area contributed by atoms with Crippen LogP contribution in [0.4, 0.5) is 0 Å². The maximum Gasteiger partial charge on any atom is 0.205 e. The van der Waals surface area contributed by atoms with Crippen molar-refractivity contribution in [3.8, 4) is 0 Å². The minimum absolute atomic E-state index is 0. The molecular weight excluding hydrogens is 252 g/mol. The van der Waals surface area contributed by atoms with E-state index in [-0.39, 0.29) is 12.4 Å². The van der Waals surface area contributed by atoms with E-state index in [1.807, 2.05) is 11.8 Å². The van der Waals surface area contributed by atoms with Crippen LogP contribution in [0.5, 0.6) is 0 Å². The predicted octanol–water partition coefficient (Wildman–Crippen LogP) is -1.12. The van der Waals surface area contributed by atoms with E-state index in [2.05, 4.69) is 48.4 Å². The zero-order valence-corrected chi connectivity index (χ0v) is 11.9. The third kappa shape index (κ3) is 4.02. The van der Waals surface area contributed by atoms with Crippen molar-refractivity contribution in [2.45, 2.75) is 24.7 Å². The average molecular weight is 271 g/mol. The van der Waals surface area contributed by atoms with Crippen molar-refractivity contribution in [1.29, 1.82) is 0 Å². The summed E-state index contributed by atoms with van der Waals surface area (Å²) in [7, 11) is 0. The molecule has 0 saturated heterocycles. The van der Waals surface area contributed by atoms with Gasteiger partial charge >= 0.3 is 0 Å². The van der Waals surface area contributed by atoms with Crippen molar-refractivity contribution in [3.63, 3.8) is 0 Å². The van der Waals surface area contributed by atoms with Crippen molar-refractivity contribution >= 4 is 17.6 Å². The first kappa shape index (κ1) is 14.6. The van der Waals surface area contributed by atoms with Crippen LogP contribution in [0.15, 0.2) is 34.2 Å². The Labute approximate surface area is 114 Å². The smallest absolute Gasteiger partial charge is 0.205 e. The van der Waals surface area contributed by atoms with E-state index in [9.17, 15) is 0 Å².